The van der Waals surface area contributed by atoms with Crippen LogP contribution in [-0.4, -0.2) is 37.4 Å². The molecule has 1 fully saturated rings. The van der Waals surface area contributed by atoms with E-state index in [1.807, 2.05) is 48.2 Å². The SMILES string of the molecule is C=C(C)c1nc(C2CC2c2cn3ccc4c(c3n2)OCCO4)nn1/C(C)=C\C. The zero-order valence-electron chi connectivity index (χ0n) is 16.3. The number of allylic oxidation sites excluding steroid dienone is 3. The Balaban J connectivity index is 1.47. The van der Waals surface area contributed by atoms with Crippen molar-refractivity contribution < 1.29 is 9.47 Å². The smallest absolute Gasteiger partial charge is 0.205 e. The van der Waals surface area contributed by atoms with Crippen LogP contribution in [0.25, 0.3) is 16.9 Å². The predicted octanol–water partition coefficient (Wildman–Crippen LogP) is 3.88. The van der Waals surface area contributed by atoms with Crippen LogP contribution in [0.1, 0.15) is 56.4 Å². The first-order valence-corrected chi connectivity index (χ1v) is 9.60. The van der Waals surface area contributed by atoms with Crippen LogP contribution in [0.4, 0.5) is 0 Å². The quantitative estimate of drug-likeness (QED) is 0.690. The number of fused-ring (bicyclic) bond motifs is 3. The fourth-order valence-corrected chi connectivity index (χ4v) is 3.69. The lowest BCUT2D eigenvalue weighted by atomic mass is 10.2. The van der Waals surface area contributed by atoms with Crippen LogP contribution in [0.5, 0.6) is 11.5 Å². The topological polar surface area (TPSA) is 66.5 Å². The Labute approximate surface area is 163 Å². The van der Waals surface area contributed by atoms with Gasteiger partial charge < -0.3 is 13.9 Å². The molecule has 1 saturated carbocycles. The first-order valence-electron chi connectivity index (χ1n) is 9.60. The molecule has 0 radical (unpaired) electrons. The molecule has 4 heterocycles. The van der Waals surface area contributed by atoms with Gasteiger partial charge in [0, 0.05) is 36.0 Å². The molecule has 7 heteroatoms. The van der Waals surface area contributed by atoms with Gasteiger partial charge in [-0.2, -0.15) is 5.10 Å². The Morgan fingerprint density at radius 1 is 1.21 bits per heavy atom. The maximum atomic E-state index is 5.79. The third kappa shape index (κ3) is 2.61. The third-order valence-electron chi connectivity index (χ3n) is 5.41. The van der Waals surface area contributed by atoms with Crippen molar-refractivity contribution >= 4 is 16.9 Å². The van der Waals surface area contributed by atoms with Gasteiger partial charge in [-0.05, 0) is 32.8 Å². The van der Waals surface area contributed by atoms with Crippen molar-refractivity contribution in [2.24, 2.45) is 0 Å². The van der Waals surface area contributed by atoms with Gasteiger partial charge in [-0.25, -0.2) is 14.6 Å². The molecule has 5 rings (SSSR count). The third-order valence-corrected chi connectivity index (χ3v) is 5.41. The average molecular weight is 377 g/mol. The lowest BCUT2D eigenvalue weighted by molar-refractivity contribution is 0.172. The number of hydrogen-bond acceptors (Lipinski definition) is 5. The molecule has 1 aliphatic heterocycles. The molecule has 144 valence electrons. The highest BCUT2D eigenvalue weighted by Crippen LogP contribution is 2.53. The maximum Gasteiger partial charge on any atom is 0.205 e. The minimum absolute atomic E-state index is 0.280. The molecular formula is C21H23N5O2. The summed E-state index contributed by atoms with van der Waals surface area (Å²) < 4.78 is 15.4. The molecule has 2 unspecified atom stereocenters. The van der Waals surface area contributed by atoms with Crippen LogP contribution >= 0.6 is 0 Å². The van der Waals surface area contributed by atoms with E-state index in [1.165, 1.54) is 0 Å². The van der Waals surface area contributed by atoms with E-state index in [0.29, 0.717) is 19.1 Å². The monoisotopic (exact) mass is 377 g/mol. The fourth-order valence-electron chi connectivity index (χ4n) is 3.69. The van der Waals surface area contributed by atoms with Crippen LogP contribution in [0.15, 0.2) is 31.1 Å². The summed E-state index contributed by atoms with van der Waals surface area (Å²) in [5.74, 6) is 3.78. The molecule has 7 nitrogen and oxygen atoms in total. The lowest BCUT2D eigenvalue weighted by Crippen LogP contribution is -2.16. The molecule has 1 aliphatic carbocycles. The summed E-state index contributed by atoms with van der Waals surface area (Å²) in [5.41, 5.74) is 3.81. The van der Waals surface area contributed by atoms with Gasteiger partial charge in [0.25, 0.3) is 0 Å². The van der Waals surface area contributed by atoms with Crippen LogP contribution in [0, 0.1) is 0 Å². The molecule has 28 heavy (non-hydrogen) atoms. The van der Waals surface area contributed by atoms with E-state index in [0.717, 1.165) is 52.2 Å². The lowest BCUT2D eigenvalue weighted by Gasteiger charge is -2.18. The molecule has 0 bridgehead atoms. The van der Waals surface area contributed by atoms with Crippen LogP contribution in [0.3, 0.4) is 0 Å². The summed E-state index contributed by atoms with van der Waals surface area (Å²) in [6.45, 7) is 11.2. The highest BCUT2D eigenvalue weighted by atomic mass is 16.6. The summed E-state index contributed by atoms with van der Waals surface area (Å²) in [7, 11) is 0. The Hall–Kier alpha value is -3.09. The van der Waals surface area contributed by atoms with Gasteiger partial charge in [0.15, 0.2) is 23.0 Å². The molecule has 3 aromatic rings. The van der Waals surface area contributed by atoms with E-state index in [1.54, 1.807) is 0 Å². The largest absolute Gasteiger partial charge is 0.486 e. The number of ether oxygens (including phenoxy) is 2. The van der Waals surface area contributed by atoms with Crippen molar-refractivity contribution in [3.63, 3.8) is 0 Å². The van der Waals surface area contributed by atoms with Crippen molar-refractivity contribution in [1.29, 1.82) is 0 Å². The average Bonchev–Trinajstić information content (AvgIpc) is 3.18. The van der Waals surface area contributed by atoms with Crippen molar-refractivity contribution in [3.05, 3.63) is 48.5 Å². The Bertz CT molecular complexity index is 1120. The number of aromatic nitrogens is 5. The first-order chi connectivity index (χ1) is 13.6. The van der Waals surface area contributed by atoms with Gasteiger partial charge in [0.1, 0.15) is 13.2 Å². The Kier molecular flexibility index (Phi) is 3.79. The zero-order chi connectivity index (χ0) is 19.4. The highest BCUT2D eigenvalue weighted by molar-refractivity contribution is 5.63. The van der Waals surface area contributed by atoms with Crippen LogP contribution in [-0.2, 0) is 0 Å². The van der Waals surface area contributed by atoms with E-state index in [-0.39, 0.29) is 5.92 Å². The standard InChI is InChI=1S/C21H23N5O2/c1-5-13(4)26-20(12(2)3)23-19(24-26)15-10-14(15)16-11-25-7-6-17-18(21(25)22-16)28-9-8-27-17/h5-7,11,14-15H,2,8-10H2,1,3-4H3/b13-5-. The minimum atomic E-state index is 0.280. The van der Waals surface area contributed by atoms with E-state index < -0.39 is 0 Å². The maximum absolute atomic E-state index is 5.79. The highest BCUT2D eigenvalue weighted by Gasteiger charge is 2.44. The Morgan fingerprint density at radius 2 is 2.04 bits per heavy atom. The second-order valence-electron chi connectivity index (χ2n) is 7.47. The number of hydrogen-bond donors (Lipinski definition) is 0. The predicted molar refractivity (Wildman–Crippen MR) is 107 cm³/mol. The molecule has 0 N–H and O–H groups in total. The summed E-state index contributed by atoms with van der Waals surface area (Å²) in [6.07, 6.45) is 7.07. The van der Waals surface area contributed by atoms with Crippen LogP contribution < -0.4 is 9.47 Å². The molecule has 2 atom stereocenters. The second kappa shape index (κ2) is 6.22. The summed E-state index contributed by atoms with van der Waals surface area (Å²) in [4.78, 5) is 9.62. The fraction of sp³-hybridized carbons (Fsp3) is 0.381. The first kappa shape index (κ1) is 17.0. The number of rotatable bonds is 4. The van der Waals surface area contributed by atoms with Crippen molar-refractivity contribution in [2.75, 3.05) is 13.2 Å². The molecule has 3 aromatic heterocycles. The summed E-state index contributed by atoms with van der Waals surface area (Å²) >= 11 is 0. The molecule has 0 aromatic carbocycles. The van der Waals surface area contributed by atoms with Crippen molar-refractivity contribution in [3.8, 4) is 11.5 Å². The van der Waals surface area contributed by atoms with E-state index >= 15 is 0 Å². The van der Waals surface area contributed by atoms with E-state index in [4.69, 9.17) is 24.5 Å². The summed E-state index contributed by atoms with van der Waals surface area (Å²) in [5, 5.41) is 4.76. The van der Waals surface area contributed by atoms with Crippen LogP contribution in [0.2, 0.25) is 0 Å². The normalized spacial score (nSPS) is 21.2. The second-order valence-corrected chi connectivity index (χ2v) is 7.47. The molecular weight excluding hydrogens is 354 g/mol. The van der Waals surface area contributed by atoms with Gasteiger partial charge in [0.2, 0.25) is 5.75 Å². The number of pyridine rings is 1. The molecule has 0 spiro atoms. The summed E-state index contributed by atoms with van der Waals surface area (Å²) in [6, 6.07) is 1.93. The van der Waals surface area contributed by atoms with Gasteiger partial charge >= 0.3 is 0 Å². The number of imidazole rings is 1. The minimum Gasteiger partial charge on any atom is -0.486 e. The van der Waals surface area contributed by atoms with E-state index in [2.05, 4.69) is 12.8 Å². The number of nitrogens with zero attached hydrogens (tertiary/aromatic N) is 5. The Morgan fingerprint density at radius 3 is 2.82 bits per heavy atom. The van der Waals surface area contributed by atoms with Crippen molar-refractivity contribution in [2.45, 2.75) is 39.0 Å². The van der Waals surface area contributed by atoms with Gasteiger partial charge in [-0.1, -0.05) is 12.7 Å². The molecule has 0 saturated heterocycles. The van der Waals surface area contributed by atoms with Gasteiger partial charge in [-0.15, -0.1) is 0 Å². The van der Waals surface area contributed by atoms with Crippen molar-refractivity contribution in [1.82, 2.24) is 24.1 Å². The molecule has 0 amide bonds. The van der Waals surface area contributed by atoms with Gasteiger partial charge in [-0.3, -0.25) is 0 Å². The molecule has 2 aliphatic rings. The zero-order valence-corrected chi connectivity index (χ0v) is 16.3. The van der Waals surface area contributed by atoms with Gasteiger partial charge in [0.05, 0.1) is 5.69 Å². The van der Waals surface area contributed by atoms with E-state index in [9.17, 15) is 0 Å².